The number of carbonyl (C=O) groups excluding carboxylic acids is 1. The van der Waals surface area contributed by atoms with E-state index in [2.05, 4.69) is 11.5 Å². The summed E-state index contributed by atoms with van der Waals surface area (Å²) in [5, 5.41) is 0.448. The number of hydrogen-bond donors (Lipinski definition) is 0. The highest BCUT2D eigenvalue weighted by molar-refractivity contribution is 7.98. The topological polar surface area (TPSA) is 31.2 Å². The molecule has 1 aromatic heterocycles. The number of nitrogens with zero attached hydrogens (tertiary/aromatic N) is 1. The summed E-state index contributed by atoms with van der Waals surface area (Å²) in [4.78, 5) is 11.7. The monoisotopic (exact) mass is 223 g/mol. The fourth-order valence-electron chi connectivity index (χ4n) is 2.58. The molecule has 0 aromatic carbocycles. The molecule has 1 aromatic rings. The van der Waals surface area contributed by atoms with Crippen molar-refractivity contribution in [2.24, 2.45) is 0 Å². The summed E-state index contributed by atoms with van der Waals surface area (Å²) in [7, 11) is 0. The molecule has 0 amide bonds. The van der Waals surface area contributed by atoms with Crippen LogP contribution in [0.3, 0.4) is 0 Å². The van der Waals surface area contributed by atoms with Crippen molar-refractivity contribution in [1.82, 2.24) is 4.57 Å². The van der Waals surface area contributed by atoms with E-state index < -0.39 is 0 Å². The van der Waals surface area contributed by atoms with Crippen LogP contribution in [0.1, 0.15) is 46.5 Å². The minimum Gasteiger partial charge on any atom is -0.370 e. The highest BCUT2D eigenvalue weighted by Crippen LogP contribution is 2.43. The molecule has 4 heteroatoms. The number of Topliss-reactive ketones (excluding diaryl/α,β-unsaturated/α-hetero) is 1. The lowest BCUT2D eigenvalue weighted by atomic mass is 10.1. The second kappa shape index (κ2) is 3.12. The van der Waals surface area contributed by atoms with Crippen LogP contribution in [0.25, 0.3) is 0 Å². The molecular weight excluding hydrogens is 210 g/mol. The van der Waals surface area contributed by atoms with Crippen LogP contribution in [0.2, 0.25) is 0 Å². The SMILES string of the molecule is CC(=O)c1c2c(n3c1CS[C@@H]3C)COC2. The number of ketones is 1. The van der Waals surface area contributed by atoms with E-state index in [1.165, 1.54) is 11.4 Å². The van der Waals surface area contributed by atoms with Crippen molar-refractivity contribution >= 4 is 17.5 Å². The van der Waals surface area contributed by atoms with Gasteiger partial charge in [-0.05, 0) is 13.8 Å². The van der Waals surface area contributed by atoms with Gasteiger partial charge in [-0.15, -0.1) is 11.8 Å². The first-order valence-corrected chi connectivity index (χ1v) is 6.20. The maximum Gasteiger partial charge on any atom is 0.162 e. The number of hydrogen-bond acceptors (Lipinski definition) is 3. The van der Waals surface area contributed by atoms with Gasteiger partial charge in [-0.2, -0.15) is 0 Å². The molecule has 0 saturated heterocycles. The van der Waals surface area contributed by atoms with E-state index in [1.54, 1.807) is 6.92 Å². The number of fused-ring (bicyclic) bond motifs is 3. The van der Waals surface area contributed by atoms with E-state index >= 15 is 0 Å². The Labute approximate surface area is 92.8 Å². The van der Waals surface area contributed by atoms with Gasteiger partial charge >= 0.3 is 0 Å². The van der Waals surface area contributed by atoms with Gasteiger partial charge in [0.2, 0.25) is 0 Å². The third-order valence-corrected chi connectivity index (χ3v) is 4.32. The molecule has 0 unspecified atom stereocenters. The molecule has 0 bridgehead atoms. The predicted molar refractivity (Wildman–Crippen MR) is 58.9 cm³/mol. The van der Waals surface area contributed by atoms with Gasteiger partial charge in [0.1, 0.15) is 0 Å². The highest BCUT2D eigenvalue weighted by Gasteiger charge is 2.33. The highest BCUT2D eigenvalue weighted by atomic mass is 32.2. The summed E-state index contributed by atoms with van der Waals surface area (Å²) < 4.78 is 7.73. The molecule has 3 rings (SSSR count). The molecule has 2 aliphatic heterocycles. The van der Waals surface area contributed by atoms with E-state index in [4.69, 9.17) is 4.74 Å². The molecule has 1 atom stereocenters. The summed E-state index contributed by atoms with van der Waals surface area (Å²) in [6.07, 6.45) is 0. The van der Waals surface area contributed by atoms with Crippen molar-refractivity contribution in [3.8, 4) is 0 Å². The van der Waals surface area contributed by atoms with E-state index in [0.29, 0.717) is 18.6 Å². The fourth-order valence-corrected chi connectivity index (χ4v) is 3.67. The van der Waals surface area contributed by atoms with Gasteiger partial charge in [-0.3, -0.25) is 4.79 Å². The zero-order chi connectivity index (χ0) is 10.6. The van der Waals surface area contributed by atoms with Crippen molar-refractivity contribution < 1.29 is 9.53 Å². The largest absolute Gasteiger partial charge is 0.370 e. The van der Waals surface area contributed by atoms with Crippen LogP contribution in [0.4, 0.5) is 0 Å². The molecule has 0 aliphatic carbocycles. The Kier molecular flexibility index (Phi) is 1.97. The van der Waals surface area contributed by atoms with Crippen LogP contribution in [-0.2, 0) is 23.7 Å². The Morgan fingerprint density at radius 3 is 3.00 bits per heavy atom. The molecular formula is C11H13NO2S. The van der Waals surface area contributed by atoms with Crippen molar-refractivity contribution in [2.75, 3.05) is 0 Å². The maximum absolute atomic E-state index is 11.7. The van der Waals surface area contributed by atoms with Crippen molar-refractivity contribution in [3.05, 3.63) is 22.5 Å². The third-order valence-electron chi connectivity index (χ3n) is 3.18. The number of ether oxygens (including phenoxy) is 1. The Morgan fingerprint density at radius 1 is 1.47 bits per heavy atom. The maximum atomic E-state index is 11.7. The fraction of sp³-hybridized carbons (Fsp3) is 0.545. The van der Waals surface area contributed by atoms with E-state index in [0.717, 1.165) is 16.9 Å². The zero-order valence-corrected chi connectivity index (χ0v) is 9.69. The van der Waals surface area contributed by atoms with E-state index in [9.17, 15) is 4.79 Å². The van der Waals surface area contributed by atoms with E-state index in [1.807, 2.05) is 11.8 Å². The second-order valence-corrected chi connectivity index (χ2v) is 5.38. The van der Waals surface area contributed by atoms with Gasteiger partial charge in [0.15, 0.2) is 5.78 Å². The van der Waals surface area contributed by atoms with Gasteiger partial charge in [-0.25, -0.2) is 0 Å². The summed E-state index contributed by atoms with van der Waals surface area (Å²) in [6.45, 7) is 5.12. The van der Waals surface area contributed by atoms with Crippen molar-refractivity contribution in [2.45, 2.75) is 38.2 Å². The Hall–Kier alpha value is -0.740. The lowest BCUT2D eigenvalue weighted by Gasteiger charge is -2.08. The molecule has 80 valence electrons. The minimum atomic E-state index is 0.181. The molecule has 0 saturated carbocycles. The molecule has 0 N–H and O–H groups in total. The first-order valence-electron chi connectivity index (χ1n) is 5.15. The van der Waals surface area contributed by atoms with Gasteiger partial charge in [0.05, 0.1) is 24.3 Å². The number of thioether (sulfide) groups is 1. The van der Waals surface area contributed by atoms with Crippen LogP contribution < -0.4 is 0 Å². The lowest BCUT2D eigenvalue weighted by Crippen LogP contribution is -2.03. The molecule has 15 heavy (non-hydrogen) atoms. The predicted octanol–water partition coefficient (Wildman–Crippen LogP) is 2.49. The summed E-state index contributed by atoms with van der Waals surface area (Å²) in [5.74, 6) is 1.14. The average Bonchev–Trinajstić information content (AvgIpc) is 2.76. The normalized spacial score (nSPS) is 22.9. The molecule has 0 radical (unpaired) electrons. The van der Waals surface area contributed by atoms with Gasteiger partial charge in [0.25, 0.3) is 0 Å². The summed E-state index contributed by atoms with van der Waals surface area (Å²) in [6, 6.07) is 0. The molecule has 0 spiro atoms. The van der Waals surface area contributed by atoms with Gasteiger partial charge in [0, 0.05) is 22.6 Å². The number of aromatic nitrogens is 1. The Balaban J connectivity index is 2.28. The molecule has 0 fully saturated rings. The minimum absolute atomic E-state index is 0.181. The van der Waals surface area contributed by atoms with Crippen LogP contribution in [0.15, 0.2) is 0 Å². The zero-order valence-electron chi connectivity index (χ0n) is 8.87. The van der Waals surface area contributed by atoms with Gasteiger partial charge in [-0.1, -0.05) is 0 Å². The number of carbonyl (C=O) groups is 1. The standard InChI is InChI=1S/C11H13NO2S/c1-6(13)11-8-3-14-4-9(8)12-7(2)15-5-10(11)12/h7H,3-5H2,1-2H3/t7-/m1/s1. The summed E-state index contributed by atoms with van der Waals surface area (Å²) >= 11 is 1.89. The quantitative estimate of drug-likeness (QED) is 0.685. The Bertz CT molecular complexity index is 450. The summed E-state index contributed by atoms with van der Waals surface area (Å²) in [5.41, 5.74) is 4.52. The van der Waals surface area contributed by atoms with Crippen LogP contribution in [0, 0.1) is 0 Å². The lowest BCUT2D eigenvalue weighted by molar-refractivity contribution is 0.100. The van der Waals surface area contributed by atoms with Gasteiger partial charge < -0.3 is 9.30 Å². The second-order valence-electron chi connectivity index (χ2n) is 4.08. The molecule has 2 aliphatic rings. The van der Waals surface area contributed by atoms with E-state index in [-0.39, 0.29) is 5.78 Å². The van der Waals surface area contributed by atoms with Crippen LogP contribution in [-0.4, -0.2) is 10.4 Å². The Morgan fingerprint density at radius 2 is 2.27 bits per heavy atom. The third kappa shape index (κ3) is 1.15. The first-order chi connectivity index (χ1) is 7.20. The molecule has 3 nitrogen and oxygen atoms in total. The average molecular weight is 223 g/mol. The number of rotatable bonds is 1. The van der Waals surface area contributed by atoms with Crippen LogP contribution in [0.5, 0.6) is 0 Å². The van der Waals surface area contributed by atoms with Crippen molar-refractivity contribution in [1.29, 1.82) is 0 Å². The van der Waals surface area contributed by atoms with Crippen LogP contribution >= 0.6 is 11.8 Å². The van der Waals surface area contributed by atoms with Crippen molar-refractivity contribution in [3.63, 3.8) is 0 Å². The smallest absolute Gasteiger partial charge is 0.162 e. The molecule has 3 heterocycles. The first kappa shape index (κ1) is 9.48.